The summed E-state index contributed by atoms with van der Waals surface area (Å²) in [5.41, 5.74) is 4.09. The summed E-state index contributed by atoms with van der Waals surface area (Å²) in [6, 6.07) is 17.2. The van der Waals surface area contributed by atoms with Crippen LogP contribution in [-0.2, 0) is 36.9 Å². The molecule has 0 unspecified atom stereocenters. The fourth-order valence-electron chi connectivity index (χ4n) is 3.75. The molecular formula is C31H34N2O6S. The molecular weight excluding hydrogens is 528 g/mol. The molecule has 0 saturated carbocycles. The zero-order chi connectivity index (χ0) is 28.9. The van der Waals surface area contributed by atoms with Gasteiger partial charge in [-0.1, -0.05) is 42.5 Å². The van der Waals surface area contributed by atoms with Gasteiger partial charge in [-0.05, 0) is 68.2 Å². The Morgan fingerprint density at radius 1 is 0.975 bits per heavy atom. The second-order valence-corrected chi connectivity index (χ2v) is 9.96. The Labute approximate surface area is 238 Å². The van der Waals surface area contributed by atoms with E-state index in [-0.39, 0.29) is 12.6 Å². The van der Waals surface area contributed by atoms with Crippen LogP contribution in [0, 0.1) is 0 Å². The zero-order valence-electron chi connectivity index (χ0n) is 23.1. The fraction of sp³-hybridized carbons (Fsp3) is 0.290. The topological polar surface area (TPSA) is 104 Å². The van der Waals surface area contributed by atoms with E-state index in [1.165, 1.54) is 18.3 Å². The standard InChI is InChI=1S/C31H34N2O6S/c1-5-37-31(36)22(3)15-21(2)16-26-20-40-30(32-26)28(33-29(35)19-38-23(4)34)17-24-11-13-27(14-12-24)39-18-25-9-7-6-8-10-25/h6-16,20,28H,5,17-19H2,1-4H3,(H,33,35)/b21-16+,22-15-/t28-/m0/s1. The molecule has 2 aromatic carbocycles. The average molecular weight is 563 g/mol. The number of benzene rings is 2. The first kappa shape index (κ1) is 30.3. The minimum Gasteiger partial charge on any atom is -0.489 e. The molecule has 0 saturated heterocycles. The minimum absolute atomic E-state index is 0.316. The summed E-state index contributed by atoms with van der Waals surface area (Å²) in [6.45, 7) is 7.02. The highest BCUT2D eigenvalue weighted by Crippen LogP contribution is 2.25. The van der Waals surface area contributed by atoms with Crippen LogP contribution in [0.4, 0.5) is 0 Å². The first-order valence-corrected chi connectivity index (χ1v) is 13.8. The number of nitrogens with one attached hydrogen (secondary N) is 1. The van der Waals surface area contributed by atoms with Crippen LogP contribution < -0.4 is 10.1 Å². The lowest BCUT2D eigenvalue weighted by atomic mass is 10.1. The Morgan fingerprint density at radius 3 is 2.38 bits per heavy atom. The number of hydrogen-bond acceptors (Lipinski definition) is 8. The lowest BCUT2D eigenvalue weighted by Gasteiger charge is -2.17. The van der Waals surface area contributed by atoms with Crippen molar-refractivity contribution in [2.45, 2.75) is 46.8 Å². The smallest absolute Gasteiger partial charge is 0.333 e. The number of carbonyl (C=O) groups is 3. The largest absolute Gasteiger partial charge is 0.489 e. The highest BCUT2D eigenvalue weighted by atomic mass is 32.1. The molecule has 210 valence electrons. The van der Waals surface area contributed by atoms with Gasteiger partial charge in [-0.15, -0.1) is 11.3 Å². The maximum Gasteiger partial charge on any atom is 0.333 e. The first-order valence-electron chi connectivity index (χ1n) is 12.9. The van der Waals surface area contributed by atoms with Gasteiger partial charge < -0.3 is 19.5 Å². The van der Waals surface area contributed by atoms with E-state index in [2.05, 4.69) is 5.32 Å². The van der Waals surface area contributed by atoms with Crippen molar-refractivity contribution in [2.75, 3.05) is 13.2 Å². The van der Waals surface area contributed by atoms with Crippen LogP contribution in [-0.4, -0.2) is 36.0 Å². The van der Waals surface area contributed by atoms with Crippen molar-refractivity contribution in [1.29, 1.82) is 0 Å². The third-order valence-electron chi connectivity index (χ3n) is 5.61. The van der Waals surface area contributed by atoms with Gasteiger partial charge in [0, 0.05) is 17.9 Å². The molecule has 0 aliphatic heterocycles. The van der Waals surface area contributed by atoms with E-state index in [1.807, 2.05) is 73.0 Å². The second kappa shape index (κ2) is 15.4. The quantitative estimate of drug-likeness (QED) is 0.164. The second-order valence-electron chi connectivity index (χ2n) is 9.07. The number of rotatable bonds is 13. The van der Waals surface area contributed by atoms with Crippen LogP contribution in [0.3, 0.4) is 0 Å². The summed E-state index contributed by atoms with van der Waals surface area (Å²) in [5, 5.41) is 5.52. The van der Waals surface area contributed by atoms with E-state index in [1.54, 1.807) is 19.9 Å². The number of ether oxygens (including phenoxy) is 3. The molecule has 0 spiro atoms. The maximum absolute atomic E-state index is 12.5. The molecule has 8 nitrogen and oxygen atoms in total. The van der Waals surface area contributed by atoms with Crippen LogP contribution in [0.25, 0.3) is 6.08 Å². The monoisotopic (exact) mass is 562 g/mol. The van der Waals surface area contributed by atoms with Gasteiger partial charge >= 0.3 is 11.9 Å². The zero-order valence-corrected chi connectivity index (χ0v) is 24.0. The van der Waals surface area contributed by atoms with E-state index < -0.39 is 17.9 Å². The van der Waals surface area contributed by atoms with E-state index in [4.69, 9.17) is 19.2 Å². The van der Waals surface area contributed by atoms with Crippen molar-refractivity contribution in [3.63, 3.8) is 0 Å². The fourth-order valence-corrected chi connectivity index (χ4v) is 4.58. The Morgan fingerprint density at radius 2 is 1.70 bits per heavy atom. The molecule has 0 bridgehead atoms. The SMILES string of the molecule is CCOC(=O)/C(C)=C\C(C)=C\c1csc([C@H](Cc2ccc(OCc3ccccc3)cc2)NC(=O)COC(C)=O)n1. The van der Waals surface area contributed by atoms with Crippen molar-refractivity contribution >= 4 is 35.3 Å². The minimum atomic E-state index is -0.527. The molecule has 3 rings (SSSR count). The molecule has 1 amide bonds. The van der Waals surface area contributed by atoms with Gasteiger partial charge in [0.15, 0.2) is 6.61 Å². The number of allylic oxidation sites excluding steroid dienone is 2. The van der Waals surface area contributed by atoms with E-state index in [0.29, 0.717) is 35.9 Å². The van der Waals surface area contributed by atoms with Crippen molar-refractivity contribution in [3.05, 3.63) is 99.0 Å². The maximum atomic E-state index is 12.5. The molecule has 1 aromatic heterocycles. The van der Waals surface area contributed by atoms with E-state index in [9.17, 15) is 14.4 Å². The molecule has 1 N–H and O–H groups in total. The molecule has 0 aliphatic rings. The Balaban J connectivity index is 1.73. The van der Waals surface area contributed by atoms with Crippen LogP contribution >= 0.6 is 11.3 Å². The summed E-state index contributed by atoms with van der Waals surface area (Å²) in [5.74, 6) is -0.562. The molecule has 40 heavy (non-hydrogen) atoms. The molecule has 1 heterocycles. The average Bonchev–Trinajstić information content (AvgIpc) is 3.40. The van der Waals surface area contributed by atoms with Crippen molar-refractivity contribution in [1.82, 2.24) is 10.3 Å². The van der Waals surface area contributed by atoms with Gasteiger partial charge in [0.25, 0.3) is 5.91 Å². The van der Waals surface area contributed by atoms with Gasteiger partial charge in [0.05, 0.1) is 18.3 Å². The molecule has 3 aromatic rings. The number of thiazole rings is 1. The van der Waals surface area contributed by atoms with Crippen molar-refractivity contribution in [3.8, 4) is 5.75 Å². The lowest BCUT2D eigenvalue weighted by Crippen LogP contribution is -2.33. The molecule has 0 aliphatic carbocycles. The predicted molar refractivity (Wildman–Crippen MR) is 155 cm³/mol. The number of esters is 2. The predicted octanol–water partition coefficient (Wildman–Crippen LogP) is 5.60. The van der Waals surface area contributed by atoms with E-state index in [0.717, 1.165) is 22.4 Å². The van der Waals surface area contributed by atoms with Crippen LogP contribution in [0.5, 0.6) is 5.75 Å². The van der Waals surface area contributed by atoms with Gasteiger partial charge in [-0.3, -0.25) is 9.59 Å². The molecule has 1 atom stereocenters. The highest BCUT2D eigenvalue weighted by Gasteiger charge is 2.20. The number of carbonyl (C=O) groups excluding carboxylic acids is 3. The van der Waals surface area contributed by atoms with Crippen molar-refractivity contribution < 1.29 is 28.6 Å². The number of hydrogen-bond donors (Lipinski definition) is 1. The van der Waals surface area contributed by atoms with Crippen LogP contribution in [0.2, 0.25) is 0 Å². The first-order chi connectivity index (χ1) is 19.2. The van der Waals surface area contributed by atoms with Gasteiger partial charge in [-0.25, -0.2) is 9.78 Å². The Hall–Kier alpha value is -4.24. The normalized spacial score (nSPS) is 12.4. The lowest BCUT2D eigenvalue weighted by molar-refractivity contribution is -0.146. The summed E-state index contributed by atoms with van der Waals surface area (Å²) >= 11 is 1.41. The van der Waals surface area contributed by atoms with E-state index >= 15 is 0 Å². The molecule has 0 radical (unpaired) electrons. The molecule has 9 heteroatoms. The summed E-state index contributed by atoms with van der Waals surface area (Å²) in [7, 11) is 0. The Kier molecular flexibility index (Phi) is 11.6. The van der Waals surface area contributed by atoms with Crippen molar-refractivity contribution in [2.24, 2.45) is 0 Å². The third kappa shape index (κ3) is 10.1. The Bertz CT molecular complexity index is 1350. The van der Waals surface area contributed by atoms with Gasteiger partial charge in [0.2, 0.25) is 0 Å². The summed E-state index contributed by atoms with van der Waals surface area (Å²) < 4.78 is 15.8. The van der Waals surface area contributed by atoms with Gasteiger partial charge in [-0.2, -0.15) is 0 Å². The number of aromatic nitrogens is 1. The summed E-state index contributed by atoms with van der Waals surface area (Å²) in [6.07, 6.45) is 4.08. The number of amides is 1. The summed E-state index contributed by atoms with van der Waals surface area (Å²) in [4.78, 5) is 40.3. The molecule has 0 fully saturated rings. The van der Waals surface area contributed by atoms with Gasteiger partial charge in [0.1, 0.15) is 17.4 Å². The third-order valence-corrected chi connectivity index (χ3v) is 6.58. The highest BCUT2D eigenvalue weighted by molar-refractivity contribution is 7.09. The van der Waals surface area contributed by atoms with Crippen LogP contribution in [0.1, 0.15) is 55.6 Å². The van der Waals surface area contributed by atoms with Crippen LogP contribution in [0.15, 0.2) is 77.2 Å². The number of nitrogens with zero attached hydrogens (tertiary/aromatic N) is 1.